The standard InChI is InChI=1S/C19H21FN4O2S/c1-11-8-12(9-16(22-11)26-3)17(25)23-13-4-5-15(20)14(10-13)19(2)6-7-27-18(21)24-19/h4-5,8-10H,6-7H2,1-3H3,(H2,21,24)(H,23,25). The summed E-state index contributed by atoms with van der Waals surface area (Å²) in [4.78, 5) is 21.2. The smallest absolute Gasteiger partial charge is 0.255 e. The number of nitrogens with two attached hydrogens (primary N) is 1. The number of amidine groups is 1. The number of hydrogen-bond donors (Lipinski definition) is 2. The largest absolute Gasteiger partial charge is 0.481 e. The van der Waals surface area contributed by atoms with E-state index in [1.54, 1.807) is 25.1 Å². The van der Waals surface area contributed by atoms with Crippen LogP contribution in [0, 0.1) is 12.7 Å². The van der Waals surface area contributed by atoms with Crippen molar-refractivity contribution in [2.75, 3.05) is 18.2 Å². The highest BCUT2D eigenvalue weighted by Gasteiger charge is 2.32. The first kappa shape index (κ1) is 19.2. The van der Waals surface area contributed by atoms with Crippen molar-refractivity contribution in [3.63, 3.8) is 0 Å². The molecule has 1 unspecified atom stereocenters. The van der Waals surface area contributed by atoms with E-state index < -0.39 is 5.54 Å². The second-order valence-corrected chi connectivity index (χ2v) is 7.63. The van der Waals surface area contributed by atoms with Crippen LogP contribution in [0.5, 0.6) is 5.88 Å². The van der Waals surface area contributed by atoms with Crippen LogP contribution in [0.1, 0.15) is 35.0 Å². The number of nitrogens with zero attached hydrogens (tertiary/aromatic N) is 2. The molecular formula is C19H21FN4O2S. The van der Waals surface area contributed by atoms with Crippen LogP contribution in [-0.2, 0) is 5.54 Å². The Balaban J connectivity index is 1.90. The Morgan fingerprint density at radius 3 is 2.85 bits per heavy atom. The number of hydrogen-bond acceptors (Lipinski definition) is 6. The second kappa shape index (κ2) is 7.56. The molecule has 0 saturated heterocycles. The molecule has 1 atom stereocenters. The maximum Gasteiger partial charge on any atom is 0.255 e. The van der Waals surface area contributed by atoms with Gasteiger partial charge in [0, 0.05) is 34.3 Å². The van der Waals surface area contributed by atoms with Crippen molar-refractivity contribution in [2.45, 2.75) is 25.8 Å². The molecule has 0 aliphatic carbocycles. The number of carbonyl (C=O) groups excluding carboxylic acids is 1. The lowest BCUT2D eigenvalue weighted by atomic mass is 9.89. The van der Waals surface area contributed by atoms with Crippen molar-refractivity contribution >= 4 is 28.5 Å². The zero-order chi connectivity index (χ0) is 19.6. The first-order valence-corrected chi connectivity index (χ1v) is 9.41. The summed E-state index contributed by atoms with van der Waals surface area (Å²) in [7, 11) is 1.49. The number of aryl methyl sites for hydroxylation is 1. The molecule has 0 saturated carbocycles. The van der Waals surface area contributed by atoms with Gasteiger partial charge in [-0.15, -0.1) is 0 Å². The molecular weight excluding hydrogens is 367 g/mol. The van der Waals surface area contributed by atoms with E-state index in [1.807, 2.05) is 6.92 Å². The molecule has 0 radical (unpaired) electrons. The number of carbonyl (C=O) groups is 1. The lowest BCUT2D eigenvalue weighted by Crippen LogP contribution is -2.29. The molecule has 0 bridgehead atoms. The Labute approximate surface area is 161 Å². The summed E-state index contributed by atoms with van der Waals surface area (Å²) in [5.41, 5.74) is 7.05. The molecule has 2 heterocycles. The fourth-order valence-electron chi connectivity index (χ4n) is 2.97. The van der Waals surface area contributed by atoms with Gasteiger partial charge in [0.1, 0.15) is 5.82 Å². The number of pyridine rings is 1. The maximum absolute atomic E-state index is 14.5. The van der Waals surface area contributed by atoms with Gasteiger partial charge in [0.25, 0.3) is 5.91 Å². The lowest BCUT2D eigenvalue weighted by Gasteiger charge is -2.30. The number of amides is 1. The van der Waals surface area contributed by atoms with Crippen molar-refractivity contribution in [1.82, 2.24) is 4.98 Å². The molecule has 1 amide bonds. The molecule has 1 aliphatic rings. The Bertz CT molecular complexity index is 919. The SMILES string of the molecule is COc1cc(C(=O)Nc2ccc(F)c(C3(C)CCSC(N)=N3)c2)cc(C)n1. The molecule has 8 heteroatoms. The van der Waals surface area contributed by atoms with E-state index >= 15 is 0 Å². The molecule has 1 aromatic heterocycles. The number of ether oxygens (including phenoxy) is 1. The Hall–Kier alpha value is -2.61. The van der Waals surface area contributed by atoms with Crippen LogP contribution in [0.4, 0.5) is 10.1 Å². The van der Waals surface area contributed by atoms with E-state index in [0.29, 0.717) is 40.0 Å². The van der Waals surface area contributed by atoms with E-state index in [2.05, 4.69) is 15.3 Å². The third kappa shape index (κ3) is 4.21. The van der Waals surface area contributed by atoms with Crippen molar-refractivity contribution in [2.24, 2.45) is 10.7 Å². The van der Waals surface area contributed by atoms with Gasteiger partial charge < -0.3 is 15.8 Å². The number of aromatic nitrogens is 1. The molecule has 1 aliphatic heterocycles. The summed E-state index contributed by atoms with van der Waals surface area (Å²) < 4.78 is 19.6. The van der Waals surface area contributed by atoms with E-state index in [0.717, 1.165) is 5.75 Å². The quantitative estimate of drug-likeness (QED) is 0.837. The third-order valence-corrected chi connectivity index (χ3v) is 5.20. The zero-order valence-electron chi connectivity index (χ0n) is 15.4. The minimum atomic E-state index is -0.753. The summed E-state index contributed by atoms with van der Waals surface area (Å²) in [5, 5.41) is 3.24. The highest BCUT2D eigenvalue weighted by atomic mass is 32.2. The van der Waals surface area contributed by atoms with Gasteiger partial charge >= 0.3 is 0 Å². The maximum atomic E-state index is 14.5. The fourth-order valence-corrected chi connectivity index (χ4v) is 3.95. The fraction of sp³-hybridized carbons (Fsp3) is 0.316. The van der Waals surface area contributed by atoms with Gasteiger partial charge in [-0.25, -0.2) is 9.37 Å². The van der Waals surface area contributed by atoms with E-state index in [-0.39, 0.29) is 11.7 Å². The van der Waals surface area contributed by atoms with Crippen LogP contribution < -0.4 is 15.8 Å². The number of thioether (sulfide) groups is 1. The van der Waals surface area contributed by atoms with Gasteiger partial charge in [-0.3, -0.25) is 9.79 Å². The lowest BCUT2D eigenvalue weighted by molar-refractivity contribution is 0.102. The molecule has 3 rings (SSSR count). The number of methoxy groups -OCH3 is 1. The van der Waals surface area contributed by atoms with Gasteiger partial charge in [0.2, 0.25) is 5.88 Å². The summed E-state index contributed by atoms with van der Waals surface area (Å²) in [5.74, 6) is 0.416. The van der Waals surface area contributed by atoms with Crippen molar-refractivity contribution in [3.05, 3.63) is 53.0 Å². The van der Waals surface area contributed by atoms with Crippen LogP contribution in [0.2, 0.25) is 0 Å². The highest BCUT2D eigenvalue weighted by molar-refractivity contribution is 8.13. The molecule has 142 valence electrons. The number of halogens is 1. The predicted molar refractivity (Wildman–Crippen MR) is 106 cm³/mol. The number of anilines is 1. The first-order valence-electron chi connectivity index (χ1n) is 8.43. The molecule has 0 spiro atoms. The van der Waals surface area contributed by atoms with Crippen LogP contribution in [0.15, 0.2) is 35.3 Å². The van der Waals surface area contributed by atoms with Gasteiger partial charge in [-0.2, -0.15) is 0 Å². The van der Waals surface area contributed by atoms with Crippen LogP contribution in [-0.4, -0.2) is 28.9 Å². The van der Waals surface area contributed by atoms with Crippen LogP contribution in [0.3, 0.4) is 0 Å². The minimum absolute atomic E-state index is 0.330. The summed E-state index contributed by atoms with van der Waals surface area (Å²) in [6.45, 7) is 3.63. The topological polar surface area (TPSA) is 89.6 Å². The van der Waals surface area contributed by atoms with Crippen LogP contribution in [0.25, 0.3) is 0 Å². The van der Waals surface area contributed by atoms with Crippen LogP contribution >= 0.6 is 11.8 Å². The Morgan fingerprint density at radius 2 is 2.15 bits per heavy atom. The minimum Gasteiger partial charge on any atom is -0.481 e. The molecule has 27 heavy (non-hydrogen) atoms. The molecule has 1 aromatic carbocycles. The normalized spacial score (nSPS) is 19.3. The zero-order valence-corrected chi connectivity index (χ0v) is 16.2. The number of aliphatic imine (C=N–C) groups is 1. The van der Waals surface area contributed by atoms with Gasteiger partial charge in [-0.1, -0.05) is 11.8 Å². The molecule has 0 fully saturated rings. The number of benzene rings is 1. The van der Waals surface area contributed by atoms with E-state index in [4.69, 9.17) is 10.5 Å². The average molecular weight is 388 g/mol. The predicted octanol–water partition coefficient (Wildman–Crippen LogP) is 3.46. The summed E-state index contributed by atoms with van der Waals surface area (Å²) in [6.07, 6.45) is 0.660. The molecule has 2 aromatic rings. The Kier molecular flexibility index (Phi) is 5.36. The average Bonchev–Trinajstić information content (AvgIpc) is 2.62. The Morgan fingerprint density at radius 1 is 1.37 bits per heavy atom. The first-order chi connectivity index (χ1) is 12.8. The van der Waals surface area contributed by atoms with E-state index in [1.165, 1.54) is 31.0 Å². The van der Waals surface area contributed by atoms with Crippen molar-refractivity contribution < 1.29 is 13.9 Å². The summed E-state index contributed by atoms with van der Waals surface area (Å²) >= 11 is 1.46. The van der Waals surface area contributed by atoms with Gasteiger partial charge in [0.05, 0.1) is 12.6 Å². The summed E-state index contributed by atoms with van der Waals surface area (Å²) in [6, 6.07) is 7.69. The second-order valence-electron chi connectivity index (χ2n) is 6.51. The van der Waals surface area contributed by atoms with Crippen molar-refractivity contribution in [3.8, 4) is 5.88 Å². The number of nitrogens with one attached hydrogen (secondary N) is 1. The van der Waals surface area contributed by atoms with E-state index in [9.17, 15) is 9.18 Å². The van der Waals surface area contributed by atoms with Gasteiger partial charge in [0.15, 0.2) is 5.17 Å². The molecule has 6 nitrogen and oxygen atoms in total. The van der Waals surface area contributed by atoms with Gasteiger partial charge in [-0.05, 0) is 44.5 Å². The monoisotopic (exact) mass is 388 g/mol. The highest BCUT2D eigenvalue weighted by Crippen LogP contribution is 2.37. The van der Waals surface area contributed by atoms with Crippen molar-refractivity contribution in [1.29, 1.82) is 0 Å². The number of rotatable bonds is 4. The molecule has 3 N–H and O–H groups in total. The third-order valence-electron chi connectivity index (χ3n) is 4.40.